The molecule has 3 saturated heterocycles. The molecule has 3 fully saturated rings. The van der Waals surface area contributed by atoms with E-state index in [1.165, 1.54) is 0 Å². The first-order valence-corrected chi connectivity index (χ1v) is 13.6. The highest BCUT2D eigenvalue weighted by molar-refractivity contribution is 5.77. The summed E-state index contributed by atoms with van der Waals surface area (Å²) in [5, 5.41) is 14.0. The van der Waals surface area contributed by atoms with Crippen LogP contribution in [0.1, 0.15) is 12.8 Å². The Bertz CT molecular complexity index is 1400. The lowest BCUT2D eigenvalue weighted by Gasteiger charge is -2.42. The van der Waals surface area contributed by atoms with Crippen LogP contribution in [-0.4, -0.2) is 122 Å². The highest BCUT2D eigenvalue weighted by atomic mass is 19.4. The van der Waals surface area contributed by atoms with Crippen molar-refractivity contribution in [1.82, 2.24) is 44.4 Å². The normalized spacial score (nSPS) is 21.5. The maximum absolute atomic E-state index is 12.7. The van der Waals surface area contributed by atoms with Gasteiger partial charge < -0.3 is 30.2 Å². The summed E-state index contributed by atoms with van der Waals surface area (Å²) in [7, 11) is 2.04. The van der Waals surface area contributed by atoms with Gasteiger partial charge in [0.25, 0.3) is 0 Å². The maximum atomic E-state index is 12.7. The number of nitrogens with zero attached hydrogens (tertiary/aromatic N) is 9. The summed E-state index contributed by atoms with van der Waals surface area (Å²) in [6, 6.07) is 2.72. The van der Waals surface area contributed by atoms with E-state index in [1.807, 2.05) is 29.4 Å². The van der Waals surface area contributed by atoms with Crippen molar-refractivity contribution < 1.29 is 22.8 Å². The summed E-state index contributed by atoms with van der Waals surface area (Å²) in [6.45, 7) is 2.90. The molecule has 2 unspecified atom stereocenters. The molecule has 2 bridgehead atoms. The quantitative estimate of drug-likeness (QED) is 0.453. The summed E-state index contributed by atoms with van der Waals surface area (Å²) in [5.41, 5.74) is 2.08. The number of rotatable bonds is 6. The fourth-order valence-electron chi connectivity index (χ4n) is 5.83. The van der Waals surface area contributed by atoms with Crippen molar-refractivity contribution in [3.05, 3.63) is 30.7 Å². The van der Waals surface area contributed by atoms with E-state index in [9.17, 15) is 22.8 Å². The molecule has 3 aromatic heterocycles. The number of fused-ring (bicyclic) bond motifs is 3. The molecule has 0 spiro atoms. The Hall–Kier alpha value is -4.08. The van der Waals surface area contributed by atoms with Gasteiger partial charge in [-0.25, -0.2) is 9.31 Å². The zero-order chi connectivity index (χ0) is 28.7. The number of aromatic nitrogens is 5. The number of alkyl halides is 3. The Labute approximate surface area is 233 Å². The van der Waals surface area contributed by atoms with Gasteiger partial charge in [0.05, 0.1) is 29.7 Å². The smallest absolute Gasteiger partial charge is 0.364 e. The lowest BCUT2D eigenvalue weighted by atomic mass is 10.2. The van der Waals surface area contributed by atoms with Crippen molar-refractivity contribution >= 4 is 34.9 Å². The molecule has 220 valence electrons. The second-order valence-electron chi connectivity index (χ2n) is 10.8. The summed E-state index contributed by atoms with van der Waals surface area (Å²) < 4.78 is 41.1. The summed E-state index contributed by atoms with van der Waals surface area (Å²) in [4.78, 5) is 37.6. The molecular formula is C25H32F3N11O2. The molecule has 2 N–H and O–H groups in total. The number of piperazine rings is 2. The largest absolute Gasteiger partial charge is 0.405 e. The number of carbonyl (C=O) groups excluding carboxylic acids is 2. The van der Waals surface area contributed by atoms with E-state index in [2.05, 4.69) is 30.3 Å². The molecule has 0 aromatic carbocycles. The van der Waals surface area contributed by atoms with Crippen molar-refractivity contribution in [2.24, 2.45) is 0 Å². The van der Waals surface area contributed by atoms with Crippen LogP contribution in [0.4, 0.5) is 35.3 Å². The van der Waals surface area contributed by atoms with Crippen LogP contribution in [0, 0.1) is 0 Å². The number of halogens is 3. The van der Waals surface area contributed by atoms with Gasteiger partial charge in [-0.2, -0.15) is 23.3 Å². The van der Waals surface area contributed by atoms with Crippen molar-refractivity contribution in [2.45, 2.75) is 37.6 Å². The molecule has 6 rings (SSSR count). The fraction of sp³-hybridized carbons (Fsp3) is 0.560. The van der Waals surface area contributed by atoms with Crippen LogP contribution < -0.4 is 15.5 Å². The molecule has 3 aromatic rings. The first-order chi connectivity index (χ1) is 19.6. The molecule has 41 heavy (non-hydrogen) atoms. The van der Waals surface area contributed by atoms with Crippen LogP contribution in [0.25, 0.3) is 5.65 Å². The second kappa shape index (κ2) is 10.7. The number of pyridine rings is 1. The molecular weight excluding hydrogens is 543 g/mol. The minimum Gasteiger partial charge on any atom is -0.364 e. The monoisotopic (exact) mass is 575 g/mol. The zero-order valence-electron chi connectivity index (χ0n) is 22.6. The zero-order valence-corrected chi connectivity index (χ0v) is 22.6. The first-order valence-electron chi connectivity index (χ1n) is 13.6. The molecule has 6 heterocycles. The van der Waals surface area contributed by atoms with Gasteiger partial charge in [-0.1, -0.05) is 0 Å². The molecule has 0 radical (unpaired) electrons. The number of urea groups is 1. The molecule has 2 atom stereocenters. The van der Waals surface area contributed by atoms with E-state index in [0.717, 1.165) is 31.6 Å². The second-order valence-corrected chi connectivity index (χ2v) is 10.8. The molecule has 13 nitrogen and oxygen atoms in total. The topological polar surface area (TPSA) is 119 Å². The van der Waals surface area contributed by atoms with Crippen LogP contribution in [0.2, 0.25) is 0 Å². The summed E-state index contributed by atoms with van der Waals surface area (Å²) in [5.74, 6) is 0.380. The van der Waals surface area contributed by atoms with Crippen molar-refractivity contribution in [2.75, 3.05) is 63.1 Å². The van der Waals surface area contributed by atoms with Crippen LogP contribution in [0.5, 0.6) is 0 Å². The van der Waals surface area contributed by atoms with E-state index in [-0.39, 0.29) is 24.5 Å². The van der Waals surface area contributed by atoms with Gasteiger partial charge in [-0.15, -0.1) is 5.10 Å². The fourth-order valence-corrected chi connectivity index (χ4v) is 5.83. The van der Waals surface area contributed by atoms with Gasteiger partial charge in [0.15, 0.2) is 5.65 Å². The third-order valence-corrected chi connectivity index (χ3v) is 7.88. The molecule has 0 aliphatic carbocycles. The van der Waals surface area contributed by atoms with E-state index in [4.69, 9.17) is 0 Å². The Kier molecular flexibility index (Phi) is 7.09. The Balaban J connectivity index is 1.11. The van der Waals surface area contributed by atoms with Gasteiger partial charge in [-0.05, 0) is 32.0 Å². The third-order valence-electron chi connectivity index (χ3n) is 7.88. The highest BCUT2D eigenvalue weighted by Gasteiger charge is 2.44. The van der Waals surface area contributed by atoms with Crippen molar-refractivity contribution in [3.63, 3.8) is 0 Å². The highest BCUT2D eigenvalue weighted by Crippen LogP contribution is 2.34. The number of carbonyl (C=O) groups is 2. The van der Waals surface area contributed by atoms with Gasteiger partial charge in [0, 0.05) is 51.7 Å². The average molecular weight is 576 g/mol. The Morgan fingerprint density at radius 3 is 2.54 bits per heavy atom. The lowest BCUT2D eigenvalue weighted by molar-refractivity contribution is -0.133. The first kappa shape index (κ1) is 27.1. The maximum Gasteiger partial charge on any atom is 0.405 e. The number of amides is 3. The van der Waals surface area contributed by atoms with Crippen molar-refractivity contribution in [1.29, 1.82) is 0 Å². The van der Waals surface area contributed by atoms with E-state index in [1.54, 1.807) is 32.7 Å². The Morgan fingerprint density at radius 2 is 1.83 bits per heavy atom. The molecule has 0 saturated carbocycles. The standard InChI is InChI=1S/C25H32F3N11O2/c1-34-7-9-35(10-8-34)21(40)15-37-12-17(11-30-37)31-23-32-22-20(3-2-6-38(22)33-23)36-13-18-4-5-19(14-36)39(18)24(41)29-16-25(26,27)28/h2-3,6,11-12,18-19H,4-5,7-10,13-16H2,1H3,(H,29,41)(H,31,33). The molecule has 3 amide bonds. The van der Waals surface area contributed by atoms with Gasteiger partial charge in [0.1, 0.15) is 13.1 Å². The predicted molar refractivity (Wildman–Crippen MR) is 143 cm³/mol. The minimum atomic E-state index is -4.45. The van der Waals surface area contributed by atoms with Crippen molar-refractivity contribution in [3.8, 4) is 0 Å². The van der Waals surface area contributed by atoms with Crippen LogP contribution in [-0.2, 0) is 11.3 Å². The Morgan fingerprint density at radius 1 is 1.10 bits per heavy atom. The molecule has 16 heteroatoms. The van der Waals surface area contributed by atoms with Crippen LogP contribution in [0.3, 0.4) is 0 Å². The number of hydrogen-bond donors (Lipinski definition) is 2. The van der Waals surface area contributed by atoms with E-state index >= 15 is 0 Å². The minimum absolute atomic E-state index is 0.0233. The number of anilines is 3. The average Bonchev–Trinajstić information content (AvgIpc) is 3.62. The van der Waals surface area contributed by atoms with E-state index < -0.39 is 18.8 Å². The number of nitrogens with one attached hydrogen (secondary N) is 2. The summed E-state index contributed by atoms with van der Waals surface area (Å²) in [6.07, 6.45) is 2.14. The van der Waals surface area contributed by atoms with Gasteiger partial charge >= 0.3 is 12.2 Å². The molecule has 3 aliphatic heterocycles. The number of hydrogen-bond acceptors (Lipinski definition) is 8. The third kappa shape index (κ3) is 5.87. The lowest BCUT2D eigenvalue weighted by Crippen LogP contribution is -2.59. The van der Waals surface area contributed by atoms with E-state index in [0.29, 0.717) is 43.5 Å². The van der Waals surface area contributed by atoms with Crippen LogP contribution >= 0.6 is 0 Å². The number of likely N-dealkylation sites (N-methyl/N-ethyl adjacent to an activating group) is 1. The van der Waals surface area contributed by atoms with Gasteiger partial charge in [-0.3, -0.25) is 9.48 Å². The van der Waals surface area contributed by atoms with Crippen LogP contribution in [0.15, 0.2) is 30.7 Å². The SMILES string of the molecule is CN1CCN(C(=O)Cn2cc(Nc3nc4c(N5CC6CCC(C5)N6C(=O)NCC(F)(F)F)cccn4n3)cn2)CC1. The van der Waals surface area contributed by atoms with Gasteiger partial charge in [0.2, 0.25) is 11.9 Å². The predicted octanol–water partition coefficient (Wildman–Crippen LogP) is 1.37. The molecule has 3 aliphatic rings. The summed E-state index contributed by atoms with van der Waals surface area (Å²) >= 11 is 0.